The van der Waals surface area contributed by atoms with Gasteiger partial charge < -0.3 is 4.74 Å². The van der Waals surface area contributed by atoms with E-state index in [0.717, 1.165) is 19.3 Å². The van der Waals surface area contributed by atoms with E-state index in [1.54, 1.807) is 0 Å². The molecule has 2 atom stereocenters. The van der Waals surface area contributed by atoms with E-state index in [-0.39, 0.29) is 0 Å². The number of hydrogen-bond acceptors (Lipinski definition) is 2. The van der Waals surface area contributed by atoms with E-state index in [1.165, 1.54) is 0 Å². The van der Waals surface area contributed by atoms with Crippen molar-refractivity contribution in [1.29, 1.82) is 0 Å². The number of carbonyl (C=O) groups excluding carboxylic acids is 1. The van der Waals surface area contributed by atoms with Crippen LogP contribution in [-0.2, 0) is 9.53 Å². The van der Waals surface area contributed by atoms with Crippen LogP contribution in [0.15, 0.2) is 23.8 Å². The quantitative estimate of drug-likeness (QED) is 0.423. The number of ether oxygens (including phenoxy) is 1. The Morgan fingerprint density at radius 1 is 1.56 bits per heavy atom. The molecule has 16 heavy (non-hydrogen) atoms. The largest absolute Gasteiger partial charge is 0.468 e. The minimum atomic E-state index is -4.78. The Hall–Kier alpha value is -0.850. The summed E-state index contributed by atoms with van der Waals surface area (Å²) in [5.41, 5.74) is -1.28. The van der Waals surface area contributed by atoms with Gasteiger partial charge in [0, 0.05) is 0 Å². The summed E-state index contributed by atoms with van der Waals surface area (Å²) in [6, 6.07) is 0. The average molecular weight is 303 g/mol. The van der Waals surface area contributed by atoms with Crippen molar-refractivity contribution < 1.29 is 27.1 Å². The zero-order valence-corrected chi connectivity index (χ0v) is 9.60. The van der Waals surface area contributed by atoms with Gasteiger partial charge in [-0.1, -0.05) is 12.2 Å². The Morgan fingerprint density at radius 3 is 2.56 bits per heavy atom. The molecule has 0 fully saturated rings. The van der Waals surface area contributed by atoms with Crippen LogP contribution in [-0.4, -0.2) is 23.8 Å². The molecule has 0 aliphatic heterocycles. The highest BCUT2D eigenvalue weighted by atomic mass is 79.9. The standard InChI is InChI=1S/C9H7BrF4O2/c1-16-7(15)6-5(9(12,13)14)3-2-4-8(6,10)11/h2-4,6H,1H3. The third-order valence-corrected chi connectivity index (χ3v) is 2.78. The van der Waals surface area contributed by atoms with Crippen LogP contribution < -0.4 is 0 Å². The van der Waals surface area contributed by atoms with Crippen LogP contribution >= 0.6 is 15.9 Å². The number of alkyl halides is 5. The molecule has 0 N–H and O–H groups in total. The highest BCUT2D eigenvalue weighted by Gasteiger charge is 2.52. The van der Waals surface area contributed by atoms with Gasteiger partial charge in [0.25, 0.3) is 0 Å². The highest BCUT2D eigenvalue weighted by Crippen LogP contribution is 2.45. The predicted molar refractivity (Wildman–Crippen MR) is 51.6 cm³/mol. The predicted octanol–water partition coefficient (Wildman–Crippen LogP) is 2.89. The molecule has 0 aromatic heterocycles. The number of rotatable bonds is 1. The molecule has 2 unspecified atom stereocenters. The maximum absolute atomic E-state index is 13.7. The summed E-state index contributed by atoms with van der Waals surface area (Å²) in [6.45, 7) is 0. The van der Waals surface area contributed by atoms with Crippen LogP contribution in [0.1, 0.15) is 0 Å². The summed E-state index contributed by atoms with van der Waals surface area (Å²) in [5, 5.41) is 0. The van der Waals surface area contributed by atoms with Gasteiger partial charge >= 0.3 is 12.1 Å². The van der Waals surface area contributed by atoms with Crippen molar-refractivity contribution in [2.45, 2.75) is 10.8 Å². The number of halogens is 5. The lowest BCUT2D eigenvalue weighted by atomic mass is 9.89. The smallest absolute Gasteiger partial charge is 0.413 e. The molecule has 1 aliphatic carbocycles. The number of carbonyl (C=O) groups is 1. The minimum Gasteiger partial charge on any atom is -0.468 e. The Kier molecular flexibility index (Phi) is 3.47. The number of hydrogen-bond donors (Lipinski definition) is 0. The molecule has 2 nitrogen and oxygen atoms in total. The Balaban J connectivity index is 3.20. The van der Waals surface area contributed by atoms with Crippen LogP contribution in [0.5, 0.6) is 0 Å². The zero-order chi connectivity index (χ0) is 12.6. The normalized spacial score (nSPS) is 29.9. The Bertz CT molecular complexity index is 357. The highest BCUT2D eigenvalue weighted by molar-refractivity contribution is 9.10. The van der Waals surface area contributed by atoms with Gasteiger partial charge in [0.05, 0.1) is 12.7 Å². The van der Waals surface area contributed by atoms with Crippen LogP contribution in [0.3, 0.4) is 0 Å². The van der Waals surface area contributed by atoms with Crippen molar-refractivity contribution in [2.75, 3.05) is 7.11 Å². The molecular formula is C9H7BrF4O2. The third kappa shape index (κ3) is 2.45. The van der Waals surface area contributed by atoms with Crippen molar-refractivity contribution in [3.05, 3.63) is 23.8 Å². The molecule has 0 heterocycles. The molecule has 1 rings (SSSR count). The van der Waals surface area contributed by atoms with E-state index < -0.39 is 28.2 Å². The second-order valence-electron chi connectivity index (χ2n) is 3.11. The fraction of sp³-hybridized carbons (Fsp3) is 0.444. The first-order valence-corrected chi connectivity index (χ1v) is 4.91. The zero-order valence-electron chi connectivity index (χ0n) is 8.02. The molecule has 0 radical (unpaired) electrons. The first-order chi connectivity index (χ1) is 7.20. The topological polar surface area (TPSA) is 26.3 Å². The molecular weight excluding hydrogens is 296 g/mol. The SMILES string of the molecule is COC(=O)C1C(C(F)(F)F)=CC=CC1(F)Br. The average Bonchev–Trinajstić information content (AvgIpc) is 2.13. The second-order valence-corrected chi connectivity index (χ2v) is 4.32. The molecule has 0 aromatic carbocycles. The summed E-state index contributed by atoms with van der Waals surface area (Å²) in [7, 11) is 0.901. The summed E-state index contributed by atoms with van der Waals surface area (Å²) in [5.74, 6) is -3.34. The lowest BCUT2D eigenvalue weighted by Gasteiger charge is -2.29. The van der Waals surface area contributed by atoms with E-state index in [0.29, 0.717) is 6.08 Å². The number of methoxy groups -OCH3 is 1. The number of esters is 1. The van der Waals surface area contributed by atoms with Gasteiger partial charge in [0.15, 0.2) is 0 Å². The third-order valence-electron chi connectivity index (χ3n) is 2.05. The van der Waals surface area contributed by atoms with E-state index in [2.05, 4.69) is 20.7 Å². The van der Waals surface area contributed by atoms with Crippen LogP contribution in [0, 0.1) is 5.92 Å². The molecule has 0 spiro atoms. The first kappa shape index (κ1) is 13.2. The van der Waals surface area contributed by atoms with Gasteiger partial charge in [0.1, 0.15) is 5.92 Å². The number of allylic oxidation sites excluding steroid dienone is 3. The van der Waals surface area contributed by atoms with E-state index in [1.807, 2.05) is 0 Å². The summed E-state index contributed by atoms with van der Waals surface area (Å²) in [4.78, 5) is 11.2. The van der Waals surface area contributed by atoms with Crippen molar-refractivity contribution >= 4 is 21.9 Å². The van der Waals surface area contributed by atoms with Gasteiger partial charge in [-0.15, -0.1) is 0 Å². The minimum absolute atomic E-state index is 0.653. The van der Waals surface area contributed by atoms with Crippen LogP contribution in [0.4, 0.5) is 17.6 Å². The lowest BCUT2D eigenvalue weighted by Crippen LogP contribution is -2.40. The van der Waals surface area contributed by atoms with Crippen LogP contribution in [0.2, 0.25) is 0 Å². The molecule has 1 aliphatic rings. The van der Waals surface area contributed by atoms with Gasteiger partial charge in [-0.25, -0.2) is 4.39 Å². The summed E-state index contributed by atoms with van der Waals surface area (Å²) >= 11 is 2.44. The maximum atomic E-state index is 13.7. The van der Waals surface area contributed by atoms with E-state index in [4.69, 9.17) is 0 Å². The molecule has 7 heteroatoms. The van der Waals surface area contributed by atoms with Gasteiger partial charge in [0.2, 0.25) is 4.58 Å². The van der Waals surface area contributed by atoms with Crippen molar-refractivity contribution in [3.63, 3.8) is 0 Å². The van der Waals surface area contributed by atoms with Crippen molar-refractivity contribution in [2.24, 2.45) is 5.92 Å². The molecule has 0 saturated heterocycles. The van der Waals surface area contributed by atoms with Crippen molar-refractivity contribution in [3.8, 4) is 0 Å². The Labute approximate surface area is 97.1 Å². The van der Waals surface area contributed by atoms with Gasteiger partial charge in [-0.05, 0) is 22.0 Å². The Morgan fingerprint density at radius 2 is 2.12 bits per heavy atom. The fourth-order valence-corrected chi connectivity index (χ4v) is 1.93. The van der Waals surface area contributed by atoms with Crippen molar-refractivity contribution in [1.82, 2.24) is 0 Å². The monoisotopic (exact) mass is 302 g/mol. The molecule has 0 aromatic rings. The maximum Gasteiger partial charge on any atom is 0.413 e. The summed E-state index contributed by atoms with van der Waals surface area (Å²) in [6.07, 6.45) is -2.41. The lowest BCUT2D eigenvalue weighted by molar-refractivity contribution is -0.152. The van der Waals surface area contributed by atoms with E-state index in [9.17, 15) is 22.4 Å². The van der Waals surface area contributed by atoms with E-state index >= 15 is 0 Å². The summed E-state index contributed by atoms with van der Waals surface area (Å²) < 4.78 is 52.9. The van der Waals surface area contributed by atoms with Gasteiger partial charge in [-0.2, -0.15) is 13.2 Å². The molecule has 90 valence electrons. The molecule has 0 bridgehead atoms. The van der Waals surface area contributed by atoms with Crippen LogP contribution in [0.25, 0.3) is 0 Å². The second kappa shape index (κ2) is 4.20. The first-order valence-electron chi connectivity index (χ1n) is 4.12. The fourth-order valence-electron chi connectivity index (χ4n) is 1.34. The molecule has 0 amide bonds. The molecule has 0 saturated carbocycles. The van der Waals surface area contributed by atoms with Gasteiger partial charge in [-0.3, -0.25) is 4.79 Å².